The summed E-state index contributed by atoms with van der Waals surface area (Å²) in [6.07, 6.45) is -3.81. The number of carbonyl (C=O) groups excluding carboxylic acids is 9. The summed E-state index contributed by atoms with van der Waals surface area (Å²) in [7, 11) is 17.0. The second-order valence-corrected chi connectivity index (χ2v) is 21.2. The summed E-state index contributed by atoms with van der Waals surface area (Å²) in [6.45, 7) is 6.92. The number of aliphatic hydroxyl groups is 4. The van der Waals surface area contributed by atoms with Crippen LogP contribution in [-0.2, 0) is 98.1 Å². The topological polar surface area (TPSA) is 373 Å². The monoisotopic (exact) mass is 1040 g/mol. The Hall–Kier alpha value is -2.58. The zero-order valence-corrected chi connectivity index (χ0v) is 46.8. The van der Waals surface area contributed by atoms with Crippen LogP contribution in [0.3, 0.4) is 0 Å². The quantitative estimate of drug-likeness (QED) is 0.0650. The molecule has 0 saturated heterocycles. The molecule has 0 fully saturated rings. The van der Waals surface area contributed by atoms with Crippen molar-refractivity contribution in [3.8, 4) is 0 Å². The normalized spacial score (nSPS) is 12.1. The van der Waals surface area contributed by atoms with Crippen LogP contribution in [0.4, 0.5) is 0 Å². The molecule has 0 spiro atoms. The van der Waals surface area contributed by atoms with E-state index in [0.717, 1.165) is 74.2 Å². The molecule has 0 aliphatic heterocycles. The number of carboxylic acid groups (broad SMARTS) is 6. The molecule has 0 saturated carbocycles. The van der Waals surface area contributed by atoms with Gasteiger partial charge in [-0.25, -0.2) is 0 Å². The van der Waals surface area contributed by atoms with E-state index in [1.165, 1.54) is 0 Å². The molecular formula is C36H65N3O19Zn3. The fourth-order valence-corrected chi connectivity index (χ4v) is 3.35. The molecule has 344 valence electrons. The first-order valence-corrected chi connectivity index (χ1v) is 22.9. The molecule has 0 heterocycles. The SMILES string of the molecule is CC[C](=O)[Zn+].CC[C](=O)[Zn+].CC[C](=O)[Zn+].C[N+](C)(C)CC(O)CC(=O)[O-].C[N+](C)(C)CC(O)CC(=O)[O-].C[N+](C)(C)CC(O)CC(=O)[O-].O=C([O-])CC(O)(CC(=O)[O-])C(=O)[O-]. The molecule has 3 atom stereocenters. The van der Waals surface area contributed by atoms with Gasteiger partial charge in [0.15, 0.2) is 0 Å². The average molecular weight is 1040 g/mol. The molecule has 0 amide bonds. The van der Waals surface area contributed by atoms with Crippen LogP contribution >= 0.6 is 0 Å². The molecular weight excluding hydrogens is 975 g/mol. The second kappa shape index (κ2) is 39.0. The van der Waals surface area contributed by atoms with Crippen molar-refractivity contribution < 1.29 is 163 Å². The molecule has 3 unspecified atom stereocenters. The fraction of sp³-hybridized carbons (Fsp3) is 0.750. The Morgan fingerprint density at radius 1 is 0.443 bits per heavy atom. The van der Waals surface area contributed by atoms with Gasteiger partial charge in [-0.15, -0.1) is 0 Å². The Kier molecular flexibility index (Phi) is 46.6. The van der Waals surface area contributed by atoms with Crippen LogP contribution in [0.1, 0.15) is 72.1 Å². The minimum absolute atomic E-state index is 0.282. The molecule has 0 bridgehead atoms. The van der Waals surface area contributed by atoms with Gasteiger partial charge in [0.2, 0.25) is 0 Å². The Morgan fingerprint density at radius 3 is 0.689 bits per heavy atom. The van der Waals surface area contributed by atoms with Crippen LogP contribution < -0.4 is 30.6 Å². The molecule has 0 aliphatic carbocycles. The van der Waals surface area contributed by atoms with Gasteiger partial charge in [-0.3, -0.25) is 0 Å². The minimum Gasteiger partial charge on any atom is -0.550 e. The van der Waals surface area contributed by atoms with Gasteiger partial charge in [0.25, 0.3) is 0 Å². The first-order chi connectivity index (χ1) is 27.0. The fourth-order valence-electron chi connectivity index (χ4n) is 3.35. The van der Waals surface area contributed by atoms with Gasteiger partial charge in [0.05, 0.1) is 69.4 Å². The van der Waals surface area contributed by atoms with Crippen molar-refractivity contribution in [2.24, 2.45) is 0 Å². The molecule has 0 radical (unpaired) electrons. The van der Waals surface area contributed by atoms with Gasteiger partial charge in [0.1, 0.15) is 43.5 Å². The molecule has 22 nitrogen and oxygen atoms in total. The molecule has 0 rings (SSSR count). The number of likely N-dealkylation sites (N-methyl/N-ethyl adjacent to an activating group) is 3. The number of nitrogens with zero attached hydrogens (tertiary/aromatic N) is 3. The van der Waals surface area contributed by atoms with Gasteiger partial charge in [-0.1, -0.05) is 0 Å². The van der Waals surface area contributed by atoms with E-state index in [2.05, 4.69) is 0 Å². The van der Waals surface area contributed by atoms with E-state index in [4.69, 9.17) is 20.4 Å². The van der Waals surface area contributed by atoms with Crippen molar-refractivity contribution in [1.29, 1.82) is 0 Å². The average Bonchev–Trinajstić information content (AvgIpc) is 2.98. The van der Waals surface area contributed by atoms with Crippen molar-refractivity contribution >= 4 is 48.9 Å². The van der Waals surface area contributed by atoms with E-state index < -0.39 is 72.6 Å². The third-order valence-electron chi connectivity index (χ3n) is 5.92. The second-order valence-electron chi connectivity index (χ2n) is 16.2. The van der Waals surface area contributed by atoms with E-state index in [1.807, 2.05) is 84.2 Å². The number of carboxylic acids is 6. The summed E-state index contributed by atoms with van der Waals surface area (Å²) in [6, 6.07) is 0. The van der Waals surface area contributed by atoms with Crippen molar-refractivity contribution in [2.75, 3.05) is 83.1 Å². The van der Waals surface area contributed by atoms with E-state index in [9.17, 15) is 73.8 Å². The summed E-state index contributed by atoms with van der Waals surface area (Å²) >= 11 is 2.45. The Balaban J connectivity index is -0.000000115. The third-order valence-corrected chi connectivity index (χ3v) is 9.07. The minimum atomic E-state index is -2.97. The van der Waals surface area contributed by atoms with Gasteiger partial charge >= 0.3 is 122 Å². The number of carbonyl (C=O) groups is 9. The first kappa shape index (κ1) is 72.8. The first-order valence-electron chi connectivity index (χ1n) is 18.5. The van der Waals surface area contributed by atoms with Gasteiger partial charge in [-0.05, 0) is 0 Å². The van der Waals surface area contributed by atoms with Crippen molar-refractivity contribution in [2.45, 2.75) is 96.1 Å². The number of aliphatic hydroxyl groups excluding tert-OH is 3. The van der Waals surface area contributed by atoms with E-state index in [0.29, 0.717) is 46.2 Å². The van der Waals surface area contributed by atoms with Crippen molar-refractivity contribution in [3.05, 3.63) is 0 Å². The molecule has 0 aliphatic rings. The Bertz CT molecular complexity index is 1190. The van der Waals surface area contributed by atoms with Gasteiger partial charge in [0, 0.05) is 62.0 Å². The van der Waals surface area contributed by atoms with Crippen LogP contribution in [0.5, 0.6) is 0 Å². The maximum atomic E-state index is 10.1. The van der Waals surface area contributed by atoms with Crippen LogP contribution in [0.15, 0.2) is 0 Å². The number of hydrogen-bond acceptors (Lipinski definition) is 19. The number of quaternary nitrogens is 3. The van der Waals surface area contributed by atoms with Crippen LogP contribution in [0, 0.1) is 0 Å². The van der Waals surface area contributed by atoms with E-state index >= 15 is 0 Å². The maximum Gasteiger partial charge on any atom is 0.114 e. The molecule has 25 heteroatoms. The zero-order valence-electron chi connectivity index (χ0n) is 37.9. The van der Waals surface area contributed by atoms with E-state index in [1.54, 1.807) is 0 Å². The Morgan fingerprint density at radius 2 is 0.607 bits per heavy atom. The predicted octanol–water partition coefficient (Wildman–Crippen LogP) is -9.26. The largest absolute Gasteiger partial charge is 0.550 e. The van der Waals surface area contributed by atoms with Crippen molar-refractivity contribution in [1.82, 2.24) is 0 Å². The van der Waals surface area contributed by atoms with E-state index in [-0.39, 0.29) is 19.3 Å². The Labute approximate surface area is 388 Å². The summed E-state index contributed by atoms with van der Waals surface area (Å²) in [4.78, 5) is 89.7. The molecule has 61 heavy (non-hydrogen) atoms. The number of rotatable bonds is 20. The zero-order chi connectivity index (χ0) is 50.7. The number of hydrogen-bond donors (Lipinski definition) is 4. The molecule has 0 aromatic rings. The summed E-state index contributed by atoms with van der Waals surface area (Å²) in [5.41, 5.74) is -2.97. The van der Waals surface area contributed by atoms with Crippen LogP contribution in [0.25, 0.3) is 0 Å². The van der Waals surface area contributed by atoms with Gasteiger partial charge < -0.3 is 93.3 Å². The van der Waals surface area contributed by atoms with Gasteiger partial charge in [-0.2, -0.15) is 0 Å². The van der Waals surface area contributed by atoms with Crippen LogP contribution in [0.2, 0.25) is 0 Å². The summed E-state index contributed by atoms with van der Waals surface area (Å²) in [5.74, 6) is -9.59. The predicted molar refractivity (Wildman–Crippen MR) is 191 cm³/mol. The van der Waals surface area contributed by atoms with Crippen molar-refractivity contribution in [3.63, 3.8) is 0 Å². The summed E-state index contributed by atoms with van der Waals surface area (Å²) in [5, 5.41) is 96.3. The maximum absolute atomic E-state index is 10.1. The van der Waals surface area contributed by atoms with Crippen LogP contribution in [-0.4, -0.2) is 190 Å². The molecule has 0 aromatic heterocycles. The molecule has 0 aromatic carbocycles. The smallest absolute Gasteiger partial charge is 0.114 e. The standard InChI is InChI=1S/3C7H15NO3.C6H8O7.3C3H5O.3Zn/c3*1-8(2,3)5-6(9)4-7(10)11;7-3(8)1-6(13,5(11)12)2-4(9)10;3*1-2-3-4;;;/h3*6,9H,4-5H2,1-3H3;13H,1-2H2,(H,7,8)(H,9,10)(H,11,12);3*2H2,1H3;;;/q;;;;;;;3*+1/p-3. The summed E-state index contributed by atoms with van der Waals surface area (Å²) < 4.78 is 2.79. The molecule has 4 N–H and O–H groups in total. The third kappa shape index (κ3) is 81.8. The number of aliphatic carboxylic acids is 6.